The van der Waals surface area contributed by atoms with E-state index in [-0.39, 0.29) is 11.3 Å². The van der Waals surface area contributed by atoms with E-state index in [2.05, 4.69) is 14.3 Å². The Hall–Kier alpha value is -3.22. The van der Waals surface area contributed by atoms with Crippen molar-refractivity contribution in [1.29, 1.82) is 0 Å². The average molecular weight is 498 g/mol. The molecule has 0 saturated carbocycles. The quantitative estimate of drug-likeness (QED) is 0.234. The van der Waals surface area contributed by atoms with Crippen LogP contribution in [-0.4, -0.2) is 48.5 Å². The number of hydrogen-bond acceptors (Lipinski definition) is 9. The lowest BCUT2D eigenvalue weighted by atomic mass is 9.96. The molecule has 2 unspecified atom stereocenters. The minimum absolute atomic E-state index is 0.105. The molecule has 1 aliphatic heterocycles. The molecular weight excluding hydrogens is 479 g/mol. The summed E-state index contributed by atoms with van der Waals surface area (Å²) in [6, 6.07) is 1.33. The fourth-order valence-corrected chi connectivity index (χ4v) is 2.97. The zero-order chi connectivity index (χ0) is 25.1. The first kappa shape index (κ1) is 26.0. The van der Waals surface area contributed by atoms with Crippen LogP contribution < -0.4 is 4.74 Å². The van der Waals surface area contributed by atoms with E-state index >= 15 is 0 Å². The van der Waals surface area contributed by atoms with Crippen molar-refractivity contribution in [2.75, 3.05) is 6.61 Å². The second-order valence-electron chi connectivity index (χ2n) is 6.97. The third-order valence-corrected chi connectivity index (χ3v) is 4.88. The van der Waals surface area contributed by atoms with E-state index < -0.39 is 54.1 Å². The predicted molar refractivity (Wildman–Crippen MR) is 105 cm³/mol. The van der Waals surface area contributed by atoms with Gasteiger partial charge in [-0.2, -0.15) is 13.2 Å². The Bertz CT molecular complexity index is 980. The van der Waals surface area contributed by atoms with Gasteiger partial charge >= 0.3 is 18.3 Å². The van der Waals surface area contributed by atoms with Gasteiger partial charge in [0.25, 0.3) is 5.09 Å². The second kappa shape index (κ2) is 10.1. The Kier molecular flexibility index (Phi) is 8.01. The second-order valence-corrected chi connectivity index (χ2v) is 7.35. The number of carbonyl (C=O) groups excluding carboxylic acids is 2. The van der Waals surface area contributed by atoms with Crippen LogP contribution in [0.15, 0.2) is 11.6 Å². The normalized spacial score (nSPS) is 17.0. The van der Waals surface area contributed by atoms with Gasteiger partial charge < -0.3 is 23.8 Å². The Labute approximate surface area is 190 Å². The summed E-state index contributed by atoms with van der Waals surface area (Å²) in [4.78, 5) is 38.3. The molecule has 1 aromatic rings. The maximum absolute atomic E-state index is 13.6. The van der Waals surface area contributed by atoms with Crippen molar-refractivity contribution >= 4 is 29.8 Å². The first-order valence-corrected chi connectivity index (χ1v) is 9.68. The maximum atomic E-state index is 13.6. The zero-order valence-electron chi connectivity index (χ0n) is 17.7. The molecule has 0 aromatic heterocycles. The van der Waals surface area contributed by atoms with E-state index in [0.717, 1.165) is 13.0 Å². The van der Waals surface area contributed by atoms with E-state index in [1.54, 1.807) is 13.8 Å². The van der Waals surface area contributed by atoms with Crippen molar-refractivity contribution in [2.24, 2.45) is 0 Å². The van der Waals surface area contributed by atoms with Crippen LogP contribution in [0.2, 0.25) is 5.02 Å². The Morgan fingerprint density at radius 2 is 1.88 bits per heavy atom. The van der Waals surface area contributed by atoms with Crippen LogP contribution in [0.3, 0.4) is 0 Å². The number of carbonyl (C=O) groups is 2. The van der Waals surface area contributed by atoms with E-state index in [1.807, 2.05) is 0 Å². The lowest BCUT2D eigenvalue weighted by Gasteiger charge is -2.29. The summed E-state index contributed by atoms with van der Waals surface area (Å²) in [6.45, 7) is 4.87. The van der Waals surface area contributed by atoms with Crippen LogP contribution >= 0.6 is 11.6 Å². The Morgan fingerprint density at radius 3 is 2.45 bits per heavy atom. The van der Waals surface area contributed by atoms with Crippen molar-refractivity contribution in [3.63, 3.8) is 0 Å². The highest BCUT2D eigenvalue weighted by Crippen LogP contribution is 2.41. The van der Waals surface area contributed by atoms with E-state index in [9.17, 15) is 32.9 Å². The molecule has 2 rings (SSSR count). The van der Waals surface area contributed by atoms with Gasteiger partial charge in [-0.1, -0.05) is 11.6 Å². The minimum Gasteiger partial charge on any atom is -0.475 e. The highest BCUT2D eigenvalue weighted by atomic mass is 35.5. The summed E-state index contributed by atoms with van der Waals surface area (Å²) in [5.74, 6) is -1.56. The van der Waals surface area contributed by atoms with Crippen molar-refractivity contribution in [1.82, 2.24) is 0 Å². The van der Waals surface area contributed by atoms with Crippen LogP contribution in [0.1, 0.15) is 30.5 Å². The topological polar surface area (TPSA) is 123 Å². The molecule has 33 heavy (non-hydrogen) atoms. The van der Waals surface area contributed by atoms with Gasteiger partial charge in [0.15, 0.2) is 0 Å². The molecule has 1 heterocycles. The van der Waals surface area contributed by atoms with Gasteiger partial charge in [0.2, 0.25) is 12.4 Å². The molecule has 0 N–H and O–H groups in total. The van der Waals surface area contributed by atoms with Crippen molar-refractivity contribution in [2.45, 2.75) is 52.4 Å². The molecule has 0 aliphatic carbocycles. The summed E-state index contributed by atoms with van der Waals surface area (Å²) in [7, 11) is 0. The highest BCUT2D eigenvalue weighted by molar-refractivity contribution is 6.32. The Balaban J connectivity index is 2.16. The fraction of sp³-hybridized carbons (Fsp3) is 0.474. The number of nitrogens with zero attached hydrogens (tertiary/aromatic N) is 1. The first-order chi connectivity index (χ1) is 15.2. The number of benzene rings is 1. The molecule has 3 atom stereocenters. The van der Waals surface area contributed by atoms with Crippen molar-refractivity contribution in [3.8, 4) is 5.75 Å². The molecule has 0 spiro atoms. The van der Waals surface area contributed by atoms with Crippen LogP contribution in [-0.2, 0) is 23.8 Å². The number of esters is 1. The van der Waals surface area contributed by atoms with Crippen LogP contribution in [0.5, 0.6) is 5.75 Å². The van der Waals surface area contributed by atoms with Gasteiger partial charge in [0, 0.05) is 17.5 Å². The van der Waals surface area contributed by atoms with Crippen LogP contribution in [0.4, 0.5) is 18.0 Å². The number of aryl methyl sites for hydroxylation is 1. The molecule has 1 aliphatic rings. The van der Waals surface area contributed by atoms with Gasteiger partial charge in [-0.05, 0) is 44.0 Å². The van der Waals surface area contributed by atoms with Gasteiger partial charge in [0.1, 0.15) is 18.5 Å². The molecule has 182 valence electrons. The molecule has 0 radical (unpaired) electrons. The van der Waals surface area contributed by atoms with Crippen molar-refractivity contribution in [3.05, 3.63) is 43.5 Å². The number of ether oxygens (including phenoxy) is 4. The van der Waals surface area contributed by atoms with Gasteiger partial charge in [-0.25, -0.2) is 9.59 Å². The molecule has 14 heteroatoms. The van der Waals surface area contributed by atoms with Gasteiger partial charge in [-0.15, -0.1) is 10.1 Å². The van der Waals surface area contributed by atoms with Crippen LogP contribution in [0.25, 0.3) is 6.08 Å². The third-order valence-electron chi connectivity index (χ3n) is 4.30. The molecule has 0 fully saturated rings. The maximum Gasteiger partial charge on any atom is 0.511 e. The molecule has 1 aromatic carbocycles. The largest absolute Gasteiger partial charge is 0.511 e. The summed E-state index contributed by atoms with van der Waals surface area (Å²) in [5, 5.41) is 9.32. The standard InChI is InChI=1S/C19H19ClF3NO9/c1-8-5-14-12(10(3)15(8)20)6-13(16(33-14)19(21,22)23)17(25)31-11(4)32-18(26)30-9(2)7-29-24(27)28/h5-6,9,11,16H,7H2,1-4H3/t9?,11?,16-/m0/s1. The van der Waals surface area contributed by atoms with Gasteiger partial charge in [0.05, 0.1) is 5.57 Å². The smallest absolute Gasteiger partial charge is 0.475 e. The summed E-state index contributed by atoms with van der Waals surface area (Å²) < 4.78 is 59.9. The first-order valence-electron chi connectivity index (χ1n) is 9.30. The lowest BCUT2D eigenvalue weighted by molar-refractivity contribution is -0.759. The average Bonchev–Trinajstić information content (AvgIpc) is 2.68. The molecule has 0 saturated heterocycles. The van der Waals surface area contributed by atoms with Crippen molar-refractivity contribution < 1.29 is 51.6 Å². The molecule has 0 bridgehead atoms. The summed E-state index contributed by atoms with van der Waals surface area (Å²) in [6.07, 6.45) is -10.8. The van der Waals surface area contributed by atoms with E-state index in [1.165, 1.54) is 13.0 Å². The number of halogens is 4. The fourth-order valence-electron chi connectivity index (χ4n) is 2.81. The summed E-state index contributed by atoms with van der Waals surface area (Å²) >= 11 is 6.15. The number of rotatable bonds is 7. The number of fused-ring (bicyclic) bond motifs is 1. The lowest BCUT2D eigenvalue weighted by Crippen LogP contribution is -2.41. The zero-order valence-corrected chi connectivity index (χ0v) is 18.5. The Morgan fingerprint density at radius 1 is 1.24 bits per heavy atom. The predicted octanol–water partition coefficient (Wildman–Crippen LogP) is 4.30. The molecule has 0 amide bonds. The molecular formula is C19H19ClF3NO9. The highest BCUT2D eigenvalue weighted by Gasteiger charge is 2.49. The summed E-state index contributed by atoms with van der Waals surface area (Å²) in [5.41, 5.74) is 0.184. The minimum atomic E-state index is -4.96. The van der Waals surface area contributed by atoms with E-state index in [0.29, 0.717) is 16.1 Å². The van der Waals surface area contributed by atoms with Gasteiger partial charge in [-0.3, -0.25) is 0 Å². The third kappa shape index (κ3) is 6.63. The van der Waals surface area contributed by atoms with Crippen LogP contribution in [0, 0.1) is 24.0 Å². The van der Waals surface area contributed by atoms with E-state index in [4.69, 9.17) is 21.1 Å². The number of hydrogen-bond donors (Lipinski definition) is 0. The SMILES string of the molecule is Cc1cc2c(c(C)c1Cl)C=C(C(=O)OC(C)OC(=O)OC(C)CO[N+](=O)[O-])[C@@H](C(F)(F)F)O2. The molecule has 10 nitrogen and oxygen atoms in total. The number of alkyl halides is 3. The monoisotopic (exact) mass is 497 g/mol.